The highest BCUT2D eigenvalue weighted by Gasteiger charge is 2.17. The number of hydrogen-bond donors (Lipinski definition) is 1. The molecule has 0 aliphatic rings. The monoisotopic (exact) mass is 227 g/mol. The van der Waals surface area contributed by atoms with Gasteiger partial charge in [-0.1, -0.05) is 12.1 Å². The van der Waals surface area contributed by atoms with E-state index in [2.05, 4.69) is 0 Å². The van der Waals surface area contributed by atoms with Crippen molar-refractivity contribution in [3.05, 3.63) is 34.4 Å². The van der Waals surface area contributed by atoms with E-state index in [4.69, 9.17) is 0 Å². The van der Waals surface area contributed by atoms with E-state index < -0.39 is 10.5 Å². The lowest BCUT2D eigenvalue weighted by atomic mass is 10.2. The molecule has 1 rings (SSSR count). The normalized spacial score (nSPS) is 11.4. The van der Waals surface area contributed by atoms with Crippen molar-refractivity contribution in [1.29, 1.82) is 0 Å². The molecule has 1 N–H and O–H groups in total. The van der Waals surface area contributed by atoms with Gasteiger partial charge >= 0.3 is 0 Å². The van der Waals surface area contributed by atoms with E-state index in [1.165, 1.54) is 17.8 Å². The molecule has 0 radical (unpaired) electrons. The molecule has 0 bridgehead atoms. The predicted octanol–water partition coefficient (Wildman–Crippen LogP) is 2.46. The van der Waals surface area contributed by atoms with Gasteiger partial charge in [-0.3, -0.25) is 10.1 Å². The van der Waals surface area contributed by atoms with Gasteiger partial charge in [0.15, 0.2) is 0 Å². The van der Waals surface area contributed by atoms with Crippen molar-refractivity contribution in [3.63, 3.8) is 0 Å². The Morgan fingerprint density at radius 2 is 2.07 bits per heavy atom. The average Bonchev–Trinajstić information content (AvgIpc) is 2.14. The van der Waals surface area contributed by atoms with Crippen LogP contribution in [0.15, 0.2) is 29.2 Å². The molecule has 15 heavy (non-hydrogen) atoms. The lowest BCUT2D eigenvalue weighted by Crippen LogP contribution is -2.21. The van der Waals surface area contributed by atoms with Crippen LogP contribution in [0.2, 0.25) is 0 Å². The Hall–Kier alpha value is -1.07. The molecule has 0 aliphatic heterocycles. The van der Waals surface area contributed by atoms with E-state index in [0.717, 1.165) is 0 Å². The molecule has 0 unspecified atom stereocenters. The van der Waals surface area contributed by atoms with Gasteiger partial charge in [0.05, 0.1) is 15.4 Å². The number of hydrogen-bond acceptors (Lipinski definition) is 4. The molecule has 1 aromatic carbocycles. The minimum atomic E-state index is -0.825. The number of nitro groups is 1. The number of thioether (sulfide) groups is 1. The highest BCUT2D eigenvalue weighted by molar-refractivity contribution is 7.99. The lowest BCUT2D eigenvalue weighted by Gasteiger charge is -2.15. The second kappa shape index (κ2) is 4.63. The smallest absolute Gasteiger partial charge is 0.282 e. The first-order chi connectivity index (χ1) is 6.90. The van der Waals surface area contributed by atoms with Crippen molar-refractivity contribution < 1.29 is 10.0 Å². The Kier molecular flexibility index (Phi) is 3.71. The maximum atomic E-state index is 10.7. The summed E-state index contributed by atoms with van der Waals surface area (Å²) in [5, 5.41) is 20.2. The molecule has 5 heteroatoms. The zero-order valence-corrected chi connectivity index (χ0v) is 9.45. The number of rotatable bonds is 4. The molecular weight excluding hydrogens is 214 g/mol. The average molecular weight is 227 g/mol. The van der Waals surface area contributed by atoms with E-state index in [0.29, 0.717) is 10.6 Å². The lowest BCUT2D eigenvalue weighted by molar-refractivity contribution is -0.387. The maximum absolute atomic E-state index is 10.7. The van der Waals surface area contributed by atoms with Gasteiger partial charge in [-0.05, 0) is 19.9 Å². The molecule has 0 aliphatic carbocycles. The minimum Gasteiger partial charge on any atom is -0.390 e. The summed E-state index contributed by atoms with van der Waals surface area (Å²) in [6, 6.07) is 6.53. The largest absolute Gasteiger partial charge is 0.390 e. The van der Waals surface area contributed by atoms with Crippen LogP contribution in [0.1, 0.15) is 13.8 Å². The summed E-state index contributed by atoms with van der Waals surface area (Å²) in [4.78, 5) is 10.9. The van der Waals surface area contributed by atoms with Crippen LogP contribution in [-0.4, -0.2) is 21.4 Å². The zero-order valence-electron chi connectivity index (χ0n) is 8.64. The summed E-state index contributed by atoms with van der Waals surface area (Å²) in [5.41, 5.74) is -0.735. The summed E-state index contributed by atoms with van der Waals surface area (Å²) in [5.74, 6) is 0.428. The molecule has 1 aromatic rings. The van der Waals surface area contributed by atoms with Gasteiger partial charge in [-0.15, -0.1) is 11.8 Å². The van der Waals surface area contributed by atoms with Gasteiger partial charge in [0.25, 0.3) is 5.69 Å². The van der Waals surface area contributed by atoms with E-state index in [9.17, 15) is 15.2 Å². The van der Waals surface area contributed by atoms with Crippen LogP contribution in [0.5, 0.6) is 0 Å². The molecule has 0 aromatic heterocycles. The minimum absolute atomic E-state index is 0.0896. The third-order valence-corrected chi connectivity index (χ3v) is 3.15. The van der Waals surface area contributed by atoms with Gasteiger partial charge in [-0.2, -0.15) is 0 Å². The van der Waals surface area contributed by atoms with Crippen LogP contribution in [0, 0.1) is 10.1 Å². The van der Waals surface area contributed by atoms with Crippen LogP contribution in [0.3, 0.4) is 0 Å². The summed E-state index contributed by atoms with van der Waals surface area (Å²) in [7, 11) is 0. The van der Waals surface area contributed by atoms with E-state index in [1.54, 1.807) is 32.0 Å². The first kappa shape index (κ1) is 12.0. The van der Waals surface area contributed by atoms with Gasteiger partial charge in [-0.25, -0.2) is 0 Å². The fraction of sp³-hybridized carbons (Fsp3) is 0.400. The van der Waals surface area contributed by atoms with Crippen molar-refractivity contribution in [2.75, 3.05) is 5.75 Å². The molecule has 0 amide bonds. The fourth-order valence-corrected chi connectivity index (χ4v) is 1.96. The summed E-state index contributed by atoms with van der Waals surface area (Å²) < 4.78 is 0. The van der Waals surface area contributed by atoms with Crippen molar-refractivity contribution in [3.8, 4) is 0 Å². The molecule has 0 atom stereocenters. The number of aliphatic hydroxyl groups is 1. The molecule has 0 saturated carbocycles. The molecule has 0 spiro atoms. The first-order valence-corrected chi connectivity index (χ1v) is 5.47. The molecule has 0 fully saturated rings. The Morgan fingerprint density at radius 1 is 1.47 bits per heavy atom. The Labute approximate surface area is 92.5 Å². The maximum Gasteiger partial charge on any atom is 0.282 e. The number of nitro benzene ring substituents is 1. The Bertz CT molecular complexity index is 360. The summed E-state index contributed by atoms with van der Waals surface area (Å²) in [6.45, 7) is 3.35. The van der Waals surface area contributed by atoms with E-state index in [1.807, 2.05) is 0 Å². The standard InChI is InChI=1S/C10H13NO3S/c1-10(2,12)7-15-9-6-4-3-5-8(9)11(13)14/h3-6,12H,7H2,1-2H3. The van der Waals surface area contributed by atoms with Crippen molar-refractivity contribution in [1.82, 2.24) is 0 Å². The second-order valence-corrected chi connectivity index (χ2v) is 4.84. The third-order valence-electron chi connectivity index (χ3n) is 1.64. The molecule has 0 saturated heterocycles. The van der Waals surface area contributed by atoms with Crippen LogP contribution < -0.4 is 0 Å². The van der Waals surface area contributed by atoms with Crippen LogP contribution >= 0.6 is 11.8 Å². The Morgan fingerprint density at radius 3 is 2.60 bits per heavy atom. The van der Waals surface area contributed by atoms with Gasteiger partial charge < -0.3 is 5.11 Å². The number of para-hydroxylation sites is 1. The van der Waals surface area contributed by atoms with Gasteiger partial charge in [0.1, 0.15) is 0 Å². The highest BCUT2D eigenvalue weighted by Crippen LogP contribution is 2.30. The van der Waals surface area contributed by atoms with Gasteiger partial charge in [0.2, 0.25) is 0 Å². The molecule has 4 nitrogen and oxygen atoms in total. The SMILES string of the molecule is CC(C)(O)CSc1ccccc1[N+](=O)[O-]. The number of nitrogens with zero attached hydrogens (tertiary/aromatic N) is 1. The van der Waals surface area contributed by atoms with Gasteiger partial charge in [0, 0.05) is 11.8 Å². The Balaban J connectivity index is 2.81. The topological polar surface area (TPSA) is 63.4 Å². The second-order valence-electron chi connectivity index (χ2n) is 3.83. The first-order valence-electron chi connectivity index (χ1n) is 4.49. The van der Waals surface area contributed by atoms with Crippen LogP contribution in [0.25, 0.3) is 0 Å². The van der Waals surface area contributed by atoms with Crippen molar-refractivity contribution >= 4 is 17.4 Å². The third kappa shape index (κ3) is 3.89. The van der Waals surface area contributed by atoms with Crippen LogP contribution in [-0.2, 0) is 0 Å². The summed E-state index contributed by atoms with van der Waals surface area (Å²) in [6.07, 6.45) is 0. The van der Waals surface area contributed by atoms with E-state index >= 15 is 0 Å². The van der Waals surface area contributed by atoms with Crippen molar-refractivity contribution in [2.24, 2.45) is 0 Å². The number of benzene rings is 1. The van der Waals surface area contributed by atoms with Crippen LogP contribution in [0.4, 0.5) is 5.69 Å². The van der Waals surface area contributed by atoms with E-state index in [-0.39, 0.29) is 5.69 Å². The fourth-order valence-electron chi connectivity index (χ4n) is 0.984. The molecule has 0 heterocycles. The summed E-state index contributed by atoms with van der Waals surface area (Å²) >= 11 is 1.29. The quantitative estimate of drug-likeness (QED) is 0.487. The molecule has 82 valence electrons. The zero-order chi connectivity index (χ0) is 11.5. The predicted molar refractivity (Wildman–Crippen MR) is 60.1 cm³/mol. The highest BCUT2D eigenvalue weighted by atomic mass is 32.2. The molecular formula is C10H13NO3S. The van der Waals surface area contributed by atoms with Crippen molar-refractivity contribution in [2.45, 2.75) is 24.3 Å².